The van der Waals surface area contributed by atoms with Crippen LogP contribution < -0.4 is 5.73 Å². The van der Waals surface area contributed by atoms with Crippen molar-refractivity contribution in [2.45, 2.75) is 30.3 Å². The van der Waals surface area contributed by atoms with Gasteiger partial charge in [-0.05, 0) is 31.5 Å². The van der Waals surface area contributed by atoms with E-state index in [-0.39, 0.29) is 11.3 Å². The van der Waals surface area contributed by atoms with E-state index in [1.54, 1.807) is 11.8 Å². The molecule has 2 unspecified atom stereocenters. The number of rotatable bonds is 4. The van der Waals surface area contributed by atoms with E-state index < -0.39 is 0 Å². The highest BCUT2D eigenvalue weighted by Crippen LogP contribution is 2.36. The van der Waals surface area contributed by atoms with Crippen LogP contribution in [0.2, 0.25) is 0 Å². The maximum atomic E-state index is 6.19. The molecule has 0 radical (unpaired) electrons. The first-order valence-corrected chi connectivity index (χ1v) is 7.81. The van der Waals surface area contributed by atoms with E-state index in [2.05, 4.69) is 41.4 Å². The zero-order chi connectivity index (χ0) is 14.8. The second-order valence-electron chi connectivity index (χ2n) is 5.22. The lowest BCUT2D eigenvalue weighted by molar-refractivity contribution is 0.716. The van der Waals surface area contributed by atoms with Crippen LogP contribution in [-0.2, 0) is 0 Å². The first-order valence-electron chi connectivity index (χ1n) is 6.94. The lowest BCUT2D eigenvalue weighted by atomic mass is 10.1. The van der Waals surface area contributed by atoms with Crippen LogP contribution in [0.25, 0.3) is 5.65 Å². The summed E-state index contributed by atoms with van der Waals surface area (Å²) in [6.07, 6.45) is 1.98. The summed E-state index contributed by atoms with van der Waals surface area (Å²) in [6.45, 7) is 4.12. The van der Waals surface area contributed by atoms with Crippen LogP contribution in [-0.4, -0.2) is 20.6 Å². The Morgan fingerprint density at radius 1 is 1.10 bits per heavy atom. The fourth-order valence-electron chi connectivity index (χ4n) is 2.25. The van der Waals surface area contributed by atoms with Crippen LogP contribution >= 0.6 is 11.8 Å². The van der Waals surface area contributed by atoms with Gasteiger partial charge in [-0.3, -0.25) is 4.40 Å². The summed E-state index contributed by atoms with van der Waals surface area (Å²) >= 11 is 1.66. The molecule has 0 fully saturated rings. The SMILES string of the molecule is Cc1ccc(C(Sc2nnc3ccccn23)C(C)N)cc1. The van der Waals surface area contributed by atoms with Crippen LogP contribution in [0.5, 0.6) is 0 Å². The number of thioether (sulfide) groups is 1. The Hall–Kier alpha value is -1.85. The molecule has 108 valence electrons. The molecule has 4 nitrogen and oxygen atoms in total. The summed E-state index contributed by atoms with van der Waals surface area (Å²) in [5.74, 6) is 0. The number of benzene rings is 1. The molecule has 0 saturated heterocycles. The van der Waals surface area contributed by atoms with Gasteiger partial charge < -0.3 is 5.73 Å². The number of pyridine rings is 1. The van der Waals surface area contributed by atoms with E-state index >= 15 is 0 Å². The molecule has 5 heteroatoms. The molecule has 0 bridgehead atoms. The fraction of sp³-hybridized carbons (Fsp3) is 0.250. The van der Waals surface area contributed by atoms with Crippen LogP contribution in [0.1, 0.15) is 23.3 Å². The average Bonchev–Trinajstić information content (AvgIpc) is 2.89. The molecule has 2 aromatic heterocycles. The molecular weight excluding hydrogens is 280 g/mol. The average molecular weight is 298 g/mol. The summed E-state index contributed by atoms with van der Waals surface area (Å²) in [4.78, 5) is 0. The number of aromatic nitrogens is 3. The lowest BCUT2D eigenvalue weighted by Gasteiger charge is -2.20. The molecular formula is C16H18N4S. The van der Waals surface area contributed by atoms with Crippen LogP contribution in [0, 0.1) is 6.92 Å². The van der Waals surface area contributed by atoms with Gasteiger partial charge in [0.25, 0.3) is 0 Å². The number of nitrogens with two attached hydrogens (primary N) is 1. The van der Waals surface area contributed by atoms with E-state index in [4.69, 9.17) is 5.73 Å². The highest BCUT2D eigenvalue weighted by Gasteiger charge is 2.20. The Labute approximate surface area is 128 Å². The summed E-state index contributed by atoms with van der Waals surface area (Å²) < 4.78 is 1.99. The zero-order valence-electron chi connectivity index (χ0n) is 12.1. The molecule has 0 amide bonds. The largest absolute Gasteiger partial charge is 0.327 e. The summed E-state index contributed by atoms with van der Waals surface area (Å²) in [5.41, 5.74) is 9.51. The third kappa shape index (κ3) is 2.94. The van der Waals surface area contributed by atoms with E-state index in [9.17, 15) is 0 Å². The van der Waals surface area contributed by atoms with Crippen molar-refractivity contribution in [2.24, 2.45) is 5.73 Å². The van der Waals surface area contributed by atoms with Crippen molar-refractivity contribution in [3.05, 3.63) is 59.8 Å². The molecule has 0 saturated carbocycles. The van der Waals surface area contributed by atoms with Crippen molar-refractivity contribution < 1.29 is 0 Å². The summed E-state index contributed by atoms with van der Waals surface area (Å²) in [5, 5.41) is 9.49. The quantitative estimate of drug-likeness (QED) is 0.751. The number of aryl methyl sites for hydroxylation is 1. The van der Waals surface area contributed by atoms with Gasteiger partial charge in [0.05, 0.1) is 5.25 Å². The van der Waals surface area contributed by atoms with Gasteiger partial charge in [-0.1, -0.05) is 47.7 Å². The number of nitrogens with zero attached hydrogens (tertiary/aromatic N) is 3. The molecule has 3 rings (SSSR count). The normalized spacial score (nSPS) is 14.2. The Balaban J connectivity index is 1.94. The van der Waals surface area contributed by atoms with Gasteiger partial charge >= 0.3 is 0 Å². The molecule has 0 aliphatic rings. The number of fused-ring (bicyclic) bond motifs is 1. The van der Waals surface area contributed by atoms with Crippen LogP contribution in [0.15, 0.2) is 53.8 Å². The second kappa shape index (κ2) is 5.87. The first-order chi connectivity index (χ1) is 10.1. The topological polar surface area (TPSA) is 56.2 Å². The minimum atomic E-state index is 0.0220. The highest BCUT2D eigenvalue weighted by molar-refractivity contribution is 7.99. The smallest absolute Gasteiger partial charge is 0.196 e. The van der Waals surface area contributed by atoms with E-state index in [0.717, 1.165) is 10.8 Å². The molecule has 0 aliphatic carbocycles. The third-order valence-corrected chi connectivity index (χ3v) is 4.84. The van der Waals surface area contributed by atoms with E-state index in [1.807, 2.05) is 35.7 Å². The predicted octanol–water partition coefficient (Wildman–Crippen LogP) is 3.22. The van der Waals surface area contributed by atoms with Gasteiger partial charge in [0, 0.05) is 12.2 Å². The van der Waals surface area contributed by atoms with Crippen molar-refractivity contribution in [2.75, 3.05) is 0 Å². The maximum Gasteiger partial charge on any atom is 0.196 e. The predicted molar refractivity (Wildman–Crippen MR) is 86.4 cm³/mol. The summed E-state index contributed by atoms with van der Waals surface area (Å²) in [7, 11) is 0. The van der Waals surface area contributed by atoms with Crippen LogP contribution in [0.4, 0.5) is 0 Å². The molecule has 21 heavy (non-hydrogen) atoms. The zero-order valence-corrected chi connectivity index (χ0v) is 12.9. The number of hydrogen-bond donors (Lipinski definition) is 1. The lowest BCUT2D eigenvalue weighted by Crippen LogP contribution is -2.22. The standard InChI is InChI=1S/C16H18N4S/c1-11-6-8-13(9-7-11)15(12(2)17)21-16-19-18-14-5-3-4-10-20(14)16/h3-10,12,15H,17H2,1-2H3. The first kappa shape index (κ1) is 14.1. The molecule has 3 aromatic rings. The third-order valence-electron chi connectivity index (χ3n) is 3.40. The molecule has 2 atom stereocenters. The Kier molecular flexibility index (Phi) is 3.94. The molecule has 0 spiro atoms. The van der Waals surface area contributed by atoms with E-state index in [1.165, 1.54) is 11.1 Å². The van der Waals surface area contributed by atoms with Gasteiger partial charge in [-0.25, -0.2) is 0 Å². The molecule has 0 aliphatic heterocycles. The number of hydrogen-bond acceptors (Lipinski definition) is 4. The van der Waals surface area contributed by atoms with Crippen molar-refractivity contribution in [1.82, 2.24) is 14.6 Å². The molecule has 2 heterocycles. The highest BCUT2D eigenvalue weighted by atomic mass is 32.2. The Bertz CT molecular complexity index is 733. The van der Waals surface area contributed by atoms with Crippen molar-refractivity contribution in [3.8, 4) is 0 Å². The Morgan fingerprint density at radius 2 is 1.86 bits per heavy atom. The van der Waals surface area contributed by atoms with Gasteiger partial charge in [0.1, 0.15) is 0 Å². The van der Waals surface area contributed by atoms with Crippen molar-refractivity contribution >= 4 is 17.4 Å². The van der Waals surface area contributed by atoms with Gasteiger partial charge in [-0.15, -0.1) is 10.2 Å². The van der Waals surface area contributed by atoms with Crippen molar-refractivity contribution in [1.29, 1.82) is 0 Å². The van der Waals surface area contributed by atoms with Crippen molar-refractivity contribution in [3.63, 3.8) is 0 Å². The van der Waals surface area contributed by atoms with E-state index in [0.29, 0.717) is 0 Å². The molecule has 1 aromatic carbocycles. The monoisotopic (exact) mass is 298 g/mol. The second-order valence-corrected chi connectivity index (χ2v) is 6.33. The van der Waals surface area contributed by atoms with Gasteiger partial charge in [0.15, 0.2) is 10.8 Å². The molecule has 2 N–H and O–H groups in total. The summed E-state index contributed by atoms with van der Waals surface area (Å²) in [6, 6.07) is 14.4. The van der Waals surface area contributed by atoms with Gasteiger partial charge in [-0.2, -0.15) is 0 Å². The van der Waals surface area contributed by atoms with Gasteiger partial charge in [0.2, 0.25) is 0 Å². The van der Waals surface area contributed by atoms with Crippen LogP contribution in [0.3, 0.4) is 0 Å². The Morgan fingerprint density at radius 3 is 2.57 bits per heavy atom. The minimum absolute atomic E-state index is 0.0220. The minimum Gasteiger partial charge on any atom is -0.327 e. The fourth-order valence-corrected chi connectivity index (χ4v) is 3.34. The maximum absolute atomic E-state index is 6.19.